The number of unbranched alkanes of at least 4 members (excludes halogenated alkanes) is 3. The third kappa shape index (κ3) is 7.82. The highest BCUT2D eigenvalue weighted by atomic mass is 16.2. The van der Waals surface area contributed by atoms with E-state index in [9.17, 15) is 28.8 Å². The van der Waals surface area contributed by atoms with E-state index < -0.39 is 24.2 Å². The van der Waals surface area contributed by atoms with E-state index in [1.165, 1.54) is 0 Å². The lowest BCUT2D eigenvalue weighted by atomic mass is 10.1. The Hall–Kier alpha value is -3.18. The van der Waals surface area contributed by atoms with Crippen molar-refractivity contribution in [3.63, 3.8) is 0 Å². The lowest BCUT2D eigenvalue weighted by molar-refractivity contribution is -0.138. The molecule has 0 aliphatic carbocycles. The molecule has 0 saturated carbocycles. The van der Waals surface area contributed by atoms with Crippen LogP contribution in [0.1, 0.15) is 52.4 Å². The van der Waals surface area contributed by atoms with Crippen LogP contribution < -0.4 is 31.9 Å². The minimum absolute atomic E-state index is 0.102. The molecule has 0 radical (unpaired) electrons. The Morgan fingerprint density at radius 1 is 0.625 bits per heavy atom. The van der Waals surface area contributed by atoms with Crippen molar-refractivity contribution in [3.8, 4) is 0 Å². The van der Waals surface area contributed by atoms with Crippen molar-refractivity contribution in [2.24, 2.45) is 0 Å². The van der Waals surface area contributed by atoms with E-state index in [-0.39, 0.29) is 48.3 Å². The van der Waals surface area contributed by atoms with Gasteiger partial charge >= 0.3 is 0 Å². The Bertz CT molecular complexity index is 695. The van der Waals surface area contributed by atoms with E-state index in [1.807, 2.05) is 0 Å². The molecule has 4 unspecified atom stereocenters. The third-order valence-corrected chi connectivity index (χ3v) is 5.30. The van der Waals surface area contributed by atoms with Crippen molar-refractivity contribution in [2.45, 2.75) is 76.5 Å². The van der Waals surface area contributed by atoms with Crippen LogP contribution in [0.5, 0.6) is 0 Å². The number of rotatable bonds is 11. The van der Waals surface area contributed by atoms with Gasteiger partial charge in [-0.2, -0.15) is 0 Å². The van der Waals surface area contributed by atoms with Gasteiger partial charge in [-0.25, -0.2) is 0 Å². The molecule has 2 aliphatic rings. The molecule has 2 fully saturated rings. The van der Waals surface area contributed by atoms with Crippen molar-refractivity contribution in [2.75, 3.05) is 13.1 Å². The van der Waals surface area contributed by atoms with Gasteiger partial charge in [0.15, 0.2) is 0 Å². The van der Waals surface area contributed by atoms with Gasteiger partial charge in [-0.1, -0.05) is 12.8 Å². The van der Waals surface area contributed by atoms with Crippen LogP contribution in [0.2, 0.25) is 0 Å². The van der Waals surface area contributed by atoms with Gasteiger partial charge in [0.05, 0.1) is 12.8 Å². The number of hydrogen-bond donors (Lipinski definition) is 6. The molecule has 4 atom stereocenters. The van der Waals surface area contributed by atoms with Gasteiger partial charge in [0, 0.05) is 13.1 Å². The summed E-state index contributed by atoms with van der Waals surface area (Å²) in [6.07, 6.45) is 2.96. The number of amides is 6. The van der Waals surface area contributed by atoms with E-state index in [1.54, 1.807) is 13.8 Å². The molecule has 0 aromatic carbocycles. The van der Waals surface area contributed by atoms with Crippen LogP contribution >= 0.6 is 0 Å². The van der Waals surface area contributed by atoms with Crippen LogP contribution in [0.15, 0.2) is 0 Å². The topological polar surface area (TPSA) is 175 Å². The molecule has 0 aromatic heterocycles. The SMILES string of the molecule is CC1NC(=O)C(CC(=O)NCCCCCCNC(=O)CC2NC(=O)C(C)NC2=O)NC1=O. The summed E-state index contributed by atoms with van der Waals surface area (Å²) in [5.41, 5.74) is 0. The van der Waals surface area contributed by atoms with Crippen molar-refractivity contribution in [1.82, 2.24) is 31.9 Å². The summed E-state index contributed by atoms with van der Waals surface area (Å²) in [4.78, 5) is 70.6. The molecule has 2 aliphatic heterocycles. The van der Waals surface area contributed by atoms with E-state index in [0.29, 0.717) is 13.1 Å². The van der Waals surface area contributed by atoms with Crippen LogP contribution in [0.4, 0.5) is 0 Å². The van der Waals surface area contributed by atoms with Crippen molar-refractivity contribution in [1.29, 1.82) is 0 Å². The molecule has 2 heterocycles. The zero-order chi connectivity index (χ0) is 23.7. The standard InChI is InChI=1S/C20H32N6O6/c1-11-17(29)25-13(19(31)23-11)9-15(27)21-7-5-3-4-6-8-22-16(28)10-14-20(32)24-12(2)18(30)26-14/h11-14H,3-10H2,1-2H3,(H,21,27)(H,22,28)(H,23,31)(H,24,32)(H,25,29)(H,26,30). The minimum atomic E-state index is -0.848. The van der Waals surface area contributed by atoms with Crippen LogP contribution in [0.25, 0.3) is 0 Å². The number of nitrogens with one attached hydrogen (secondary N) is 6. The zero-order valence-corrected chi connectivity index (χ0v) is 18.4. The summed E-state index contributed by atoms with van der Waals surface area (Å²) in [5.74, 6) is -1.96. The highest BCUT2D eigenvalue weighted by Crippen LogP contribution is 2.03. The van der Waals surface area contributed by atoms with Gasteiger partial charge in [-0.05, 0) is 26.7 Å². The molecule has 6 N–H and O–H groups in total. The maximum atomic E-state index is 11.9. The maximum Gasteiger partial charge on any atom is 0.243 e. The number of piperazine rings is 2. The lowest BCUT2D eigenvalue weighted by Crippen LogP contribution is -2.61. The Balaban J connectivity index is 1.48. The van der Waals surface area contributed by atoms with Crippen LogP contribution in [-0.2, 0) is 28.8 Å². The molecular formula is C20H32N6O6. The fraction of sp³-hybridized carbons (Fsp3) is 0.700. The van der Waals surface area contributed by atoms with E-state index >= 15 is 0 Å². The smallest absolute Gasteiger partial charge is 0.243 e. The quantitative estimate of drug-likeness (QED) is 0.190. The first kappa shape index (κ1) is 25.1. The molecule has 0 bridgehead atoms. The first-order chi connectivity index (χ1) is 15.2. The molecule has 2 saturated heterocycles. The Morgan fingerprint density at radius 2 is 1.00 bits per heavy atom. The highest BCUT2D eigenvalue weighted by Gasteiger charge is 2.33. The number of carbonyl (C=O) groups excluding carboxylic acids is 6. The Kier molecular flexibility index (Phi) is 9.41. The Morgan fingerprint density at radius 3 is 1.38 bits per heavy atom. The van der Waals surface area contributed by atoms with Gasteiger partial charge in [0.1, 0.15) is 24.2 Å². The minimum Gasteiger partial charge on any atom is -0.356 e. The predicted octanol–water partition coefficient (Wildman–Crippen LogP) is -2.43. The molecule has 6 amide bonds. The molecular weight excluding hydrogens is 420 g/mol. The van der Waals surface area contributed by atoms with E-state index in [2.05, 4.69) is 31.9 Å². The van der Waals surface area contributed by atoms with Crippen LogP contribution in [0.3, 0.4) is 0 Å². The van der Waals surface area contributed by atoms with Gasteiger partial charge < -0.3 is 31.9 Å². The van der Waals surface area contributed by atoms with E-state index in [4.69, 9.17) is 0 Å². The van der Waals surface area contributed by atoms with Gasteiger partial charge in [-0.15, -0.1) is 0 Å². The van der Waals surface area contributed by atoms with Gasteiger partial charge in [0.25, 0.3) is 0 Å². The van der Waals surface area contributed by atoms with E-state index in [0.717, 1.165) is 25.7 Å². The first-order valence-electron chi connectivity index (χ1n) is 10.9. The molecule has 0 spiro atoms. The average Bonchev–Trinajstić information content (AvgIpc) is 2.72. The summed E-state index contributed by atoms with van der Waals surface area (Å²) < 4.78 is 0. The normalized spacial score (nSPS) is 25.2. The molecule has 178 valence electrons. The second-order valence-corrected chi connectivity index (χ2v) is 8.11. The highest BCUT2D eigenvalue weighted by molar-refractivity contribution is 5.99. The lowest BCUT2D eigenvalue weighted by Gasteiger charge is -2.27. The second kappa shape index (κ2) is 12.0. The summed E-state index contributed by atoms with van der Waals surface area (Å²) >= 11 is 0. The Labute approximate surface area is 186 Å². The number of hydrogen-bond acceptors (Lipinski definition) is 6. The summed E-state index contributed by atoms with van der Waals surface area (Å²) in [6.45, 7) is 4.06. The summed E-state index contributed by atoms with van der Waals surface area (Å²) in [5, 5.41) is 15.5. The van der Waals surface area contributed by atoms with Gasteiger partial charge in [-0.3, -0.25) is 28.8 Å². The van der Waals surface area contributed by atoms with Crippen LogP contribution in [-0.4, -0.2) is 72.7 Å². The van der Waals surface area contributed by atoms with Crippen molar-refractivity contribution >= 4 is 35.4 Å². The fourth-order valence-corrected chi connectivity index (χ4v) is 3.35. The first-order valence-corrected chi connectivity index (χ1v) is 10.9. The van der Waals surface area contributed by atoms with Crippen LogP contribution in [0, 0.1) is 0 Å². The summed E-state index contributed by atoms with van der Waals surface area (Å²) in [7, 11) is 0. The molecule has 12 nitrogen and oxygen atoms in total. The molecule has 0 aromatic rings. The molecule has 12 heteroatoms. The zero-order valence-electron chi connectivity index (χ0n) is 18.4. The molecule has 32 heavy (non-hydrogen) atoms. The van der Waals surface area contributed by atoms with Crippen molar-refractivity contribution in [3.05, 3.63) is 0 Å². The largest absolute Gasteiger partial charge is 0.356 e. The average molecular weight is 453 g/mol. The molecule has 2 rings (SSSR count). The third-order valence-electron chi connectivity index (χ3n) is 5.30. The summed E-state index contributed by atoms with van der Waals surface area (Å²) in [6, 6.07) is -2.89. The number of carbonyl (C=O) groups is 6. The van der Waals surface area contributed by atoms with Crippen molar-refractivity contribution < 1.29 is 28.8 Å². The predicted molar refractivity (Wildman–Crippen MR) is 113 cm³/mol. The fourth-order valence-electron chi connectivity index (χ4n) is 3.35. The van der Waals surface area contributed by atoms with Gasteiger partial charge in [0.2, 0.25) is 35.4 Å². The second-order valence-electron chi connectivity index (χ2n) is 8.11. The monoisotopic (exact) mass is 452 g/mol. The maximum absolute atomic E-state index is 11.9.